The minimum Gasteiger partial charge on any atom is -0.340 e. The molecule has 0 spiro atoms. The third-order valence-electron chi connectivity index (χ3n) is 4.89. The fraction of sp³-hybridized carbons (Fsp3) is 0.300. The number of anilines is 1. The summed E-state index contributed by atoms with van der Waals surface area (Å²) in [5, 5.41) is 0. The molecule has 4 rings (SSSR count). The van der Waals surface area contributed by atoms with Crippen molar-refractivity contribution in [1.82, 2.24) is 9.55 Å². The van der Waals surface area contributed by atoms with Crippen LogP contribution in [0.2, 0.25) is 0 Å². The van der Waals surface area contributed by atoms with Crippen molar-refractivity contribution < 1.29 is 4.39 Å². The van der Waals surface area contributed by atoms with Gasteiger partial charge in [-0.1, -0.05) is 36.4 Å². The highest BCUT2D eigenvalue weighted by Gasteiger charge is 2.29. The van der Waals surface area contributed by atoms with Gasteiger partial charge < -0.3 is 15.2 Å². The van der Waals surface area contributed by atoms with E-state index in [0.29, 0.717) is 31.7 Å². The second kappa shape index (κ2) is 6.77. The Morgan fingerprint density at radius 2 is 1.96 bits per heavy atom. The smallest absolute Gasteiger partial charge is 0.206 e. The standard InChI is InChI=1S/C20H20FN5/c1-23-15-8-6-14(7-9-15)12-26-19-5-3-2-4-18(19)24-20(26)25-11-10-16(21)17(22)13-25/h2-9,16-17H,10-13,22H2/t16-,17+/m1/s1. The van der Waals surface area contributed by atoms with Crippen LogP contribution >= 0.6 is 0 Å². The van der Waals surface area contributed by atoms with Crippen LogP contribution in [-0.2, 0) is 6.54 Å². The summed E-state index contributed by atoms with van der Waals surface area (Å²) in [6.07, 6.45) is -0.533. The topological polar surface area (TPSA) is 51.4 Å². The second-order valence-corrected chi connectivity index (χ2v) is 6.68. The number of imidazole rings is 1. The maximum Gasteiger partial charge on any atom is 0.206 e. The van der Waals surface area contributed by atoms with Gasteiger partial charge in [0.05, 0.1) is 30.2 Å². The Morgan fingerprint density at radius 3 is 2.69 bits per heavy atom. The second-order valence-electron chi connectivity index (χ2n) is 6.68. The van der Waals surface area contributed by atoms with E-state index >= 15 is 0 Å². The molecule has 3 aromatic rings. The molecule has 1 saturated heterocycles. The zero-order valence-electron chi connectivity index (χ0n) is 14.3. The van der Waals surface area contributed by atoms with Crippen molar-refractivity contribution in [3.8, 4) is 0 Å². The number of aromatic nitrogens is 2. The molecule has 2 atom stereocenters. The van der Waals surface area contributed by atoms with E-state index in [1.165, 1.54) is 0 Å². The largest absolute Gasteiger partial charge is 0.340 e. The van der Waals surface area contributed by atoms with Crippen molar-refractivity contribution in [2.75, 3.05) is 18.0 Å². The van der Waals surface area contributed by atoms with Crippen LogP contribution in [0.15, 0.2) is 48.5 Å². The number of hydrogen-bond acceptors (Lipinski definition) is 3. The molecule has 0 saturated carbocycles. The molecule has 2 heterocycles. The van der Waals surface area contributed by atoms with Gasteiger partial charge in [0, 0.05) is 13.1 Å². The number of hydrogen-bond donors (Lipinski definition) is 1. The van der Waals surface area contributed by atoms with E-state index in [9.17, 15) is 4.39 Å². The summed E-state index contributed by atoms with van der Waals surface area (Å²) < 4.78 is 15.9. The highest BCUT2D eigenvalue weighted by molar-refractivity contribution is 5.79. The summed E-state index contributed by atoms with van der Waals surface area (Å²) in [6, 6.07) is 15.1. The number of para-hydroxylation sites is 2. The number of alkyl halides is 1. The first-order valence-corrected chi connectivity index (χ1v) is 8.72. The minimum absolute atomic E-state index is 0.421. The summed E-state index contributed by atoms with van der Waals surface area (Å²) in [4.78, 5) is 10.3. The van der Waals surface area contributed by atoms with Crippen LogP contribution < -0.4 is 10.6 Å². The van der Waals surface area contributed by atoms with E-state index in [2.05, 4.69) is 14.3 Å². The van der Waals surface area contributed by atoms with Crippen molar-refractivity contribution >= 4 is 22.7 Å². The van der Waals surface area contributed by atoms with Gasteiger partial charge in [-0.2, -0.15) is 0 Å². The molecule has 1 aliphatic heterocycles. The van der Waals surface area contributed by atoms with Gasteiger partial charge in [0.2, 0.25) is 5.95 Å². The van der Waals surface area contributed by atoms with Crippen molar-refractivity contribution in [3.05, 3.63) is 65.5 Å². The fourth-order valence-electron chi connectivity index (χ4n) is 3.45. The highest BCUT2D eigenvalue weighted by atomic mass is 19.1. The molecular formula is C20H20FN5. The Hall–Kier alpha value is -2.91. The Kier molecular flexibility index (Phi) is 4.31. The molecule has 6 heteroatoms. The van der Waals surface area contributed by atoms with E-state index in [4.69, 9.17) is 17.3 Å². The fourth-order valence-corrected chi connectivity index (χ4v) is 3.45. The number of piperidine rings is 1. The Morgan fingerprint density at radius 1 is 1.19 bits per heavy atom. The average molecular weight is 349 g/mol. The number of nitrogens with zero attached hydrogens (tertiary/aromatic N) is 4. The molecular weight excluding hydrogens is 329 g/mol. The third kappa shape index (κ3) is 3.02. The molecule has 1 aromatic heterocycles. The lowest BCUT2D eigenvalue weighted by molar-refractivity contribution is 0.243. The number of halogens is 1. The van der Waals surface area contributed by atoms with Crippen LogP contribution in [0.4, 0.5) is 16.0 Å². The van der Waals surface area contributed by atoms with Crippen LogP contribution in [0.3, 0.4) is 0 Å². The van der Waals surface area contributed by atoms with Crippen molar-refractivity contribution in [2.24, 2.45) is 5.73 Å². The van der Waals surface area contributed by atoms with E-state index in [-0.39, 0.29) is 0 Å². The molecule has 26 heavy (non-hydrogen) atoms. The van der Waals surface area contributed by atoms with E-state index in [1.807, 2.05) is 48.5 Å². The molecule has 0 aliphatic carbocycles. The Bertz CT molecular complexity index is 956. The van der Waals surface area contributed by atoms with Crippen molar-refractivity contribution in [2.45, 2.75) is 25.2 Å². The number of nitrogens with two attached hydrogens (primary N) is 1. The first-order valence-electron chi connectivity index (χ1n) is 8.72. The first kappa shape index (κ1) is 16.6. The number of fused-ring (bicyclic) bond motifs is 1. The van der Waals surface area contributed by atoms with Crippen LogP contribution in [-0.4, -0.2) is 34.9 Å². The van der Waals surface area contributed by atoms with Gasteiger partial charge >= 0.3 is 0 Å². The predicted molar refractivity (Wildman–Crippen MR) is 101 cm³/mol. The van der Waals surface area contributed by atoms with E-state index in [1.54, 1.807) is 0 Å². The molecule has 0 unspecified atom stereocenters. The molecule has 0 amide bonds. The zero-order chi connectivity index (χ0) is 18.1. The van der Waals surface area contributed by atoms with Gasteiger partial charge in [0.15, 0.2) is 5.69 Å². The van der Waals surface area contributed by atoms with Gasteiger partial charge in [0.25, 0.3) is 0 Å². The molecule has 0 bridgehead atoms. The lowest BCUT2D eigenvalue weighted by atomic mass is 10.1. The highest BCUT2D eigenvalue weighted by Crippen LogP contribution is 2.27. The van der Waals surface area contributed by atoms with Gasteiger partial charge in [-0.25, -0.2) is 14.2 Å². The molecule has 132 valence electrons. The molecule has 5 nitrogen and oxygen atoms in total. The van der Waals surface area contributed by atoms with Gasteiger partial charge in [-0.3, -0.25) is 0 Å². The van der Waals surface area contributed by atoms with Gasteiger partial charge in [-0.15, -0.1) is 0 Å². The van der Waals surface area contributed by atoms with Crippen LogP contribution in [0.25, 0.3) is 15.9 Å². The maximum absolute atomic E-state index is 13.8. The van der Waals surface area contributed by atoms with Gasteiger partial charge in [-0.05, 0) is 24.1 Å². The maximum atomic E-state index is 13.8. The normalized spacial score (nSPS) is 20.3. The zero-order valence-corrected chi connectivity index (χ0v) is 14.3. The average Bonchev–Trinajstić information content (AvgIpc) is 3.03. The summed E-state index contributed by atoms with van der Waals surface area (Å²) in [5.41, 5.74) is 9.62. The summed E-state index contributed by atoms with van der Waals surface area (Å²) in [6.45, 7) is 8.79. The van der Waals surface area contributed by atoms with Crippen LogP contribution in [0.1, 0.15) is 12.0 Å². The lowest BCUT2D eigenvalue weighted by Crippen LogP contribution is -2.50. The minimum atomic E-state index is -0.953. The number of benzene rings is 2. The SMILES string of the molecule is [C-]#[N+]c1ccc(Cn2c(N3CC[C@@H](F)[C@@H](N)C3)nc3ccccc32)cc1. The quantitative estimate of drug-likeness (QED) is 0.736. The molecule has 1 fully saturated rings. The lowest BCUT2D eigenvalue weighted by Gasteiger charge is -2.34. The molecule has 2 N–H and O–H groups in total. The van der Waals surface area contributed by atoms with Crippen LogP contribution in [0.5, 0.6) is 0 Å². The summed E-state index contributed by atoms with van der Waals surface area (Å²) in [5.74, 6) is 0.822. The monoisotopic (exact) mass is 349 g/mol. The molecule has 1 aliphatic rings. The van der Waals surface area contributed by atoms with E-state index < -0.39 is 12.2 Å². The number of rotatable bonds is 3. The van der Waals surface area contributed by atoms with E-state index in [0.717, 1.165) is 22.5 Å². The van der Waals surface area contributed by atoms with Gasteiger partial charge in [0.1, 0.15) is 6.17 Å². The molecule has 2 aromatic carbocycles. The Balaban J connectivity index is 1.73. The summed E-state index contributed by atoms with van der Waals surface area (Å²) in [7, 11) is 0. The van der Waals surface area contributed by atoms with Crippen molar-refractivity contribution in [1.29, 1.82) is 0 Å². The first-order chi connectivity index (χ1) is 12.7. The Labute approximate surface area is 151 Å². The summed E-state index contributed by atoms with van der Waals surface area (Å²) >= 11 is 0. The van der Waals surface area contributed by atoms with Crippen molar-refractivity contribution in [3.63, 3.8) is 0 Å². The molecule has 0 radical (unpaired) electrons. The predicted octanol–water partition coefficient (Wildman–Crippen LogP) is 3.51. The third-order valence-corrected chi connectivity index (χ3v) is 4.89. The van der Waals surface area contributed by atoms with Crippen LogP contribution in [0, 0.1) is 6.57 Å².